The summed E-state index contributed by atoms with van der Waals surface area (Å²) >= 11 is 0. The highest BCUT2D eigenvalue weighted by Gasteiger charge is 2.38. The minimum atomic E-state index is -0.288. The molecule has 0 aliphatic carbocycles. The lowest BCUT2D eigenvalue weighted by molar-refractivity contribution is -0.177. The third-order valence-corrected chi connectivity index (χ3v) is 8.51. The molecule has 1 fully saturated rings. The highest BCUT2D eigenvalue weighted by molar-refractivity contribution is 4.93. The summed E-state index contributed by atoms with van der Waals surface area (Å²) < 4.78 is 12.6. The third kappa shape index (κ3) is 24.3. The van der Waals surface area contributed by atoms with E-state index in [0.717, 1.165) is 32.3 Å². The lowest BCUT2D eigenvalue weighted by Crippen LogP contribution is -2.30. The molecule has 0 spiro atoms. The maximum absolute atomic E-state index is 6.35. The molecule has 0 radical (unpaired) electrons. The largest absolute Gasteiger partial charge is 0.347 e. The molecule has 0 unspecified atom stereocenters. The van der Waals surface area contributed by atoms with E-state index >= 15 is 0 Å². The standard InChI is InChI=1S/C40H72O2/c1-4-6-8-10-12-14-16-18-20-22-24-26-28-30-32-34-36-40(41-38-39(3)42-40)37-35-33-31-29-27-25-23-21-19-17-15-13-11-9-7-5-2/h12-15,18-21,39H,4-11,16-17,22-38H2,1-3H3/b14-12-,15-13-,20-18-,21-19-/t39-/m1/s1. The van der Waals surface area contributed by atoms with Gasteiger partial charge in [0.1, 0.15) is 0 Å². The molecule has 0 aromatic rings. The van der Waals surface area contributed by atoms with Crippen molar-refractivity contribution in [3.05, 3.63) is 48.6 Å². The van der Waals surface area contributed by atoms with E-state index in [2.05, 4.69) is 69.4 Å². The average molecular weight is 585 g/mol. The Morgan fingerprint density at radius 1 is 0.476 bits per heavy atom. The van der Waals surface area contributed by atoms with Crippen molar-refractivity contribution in [1.29, 1.82) is 0 Å². The molecule has 0 bridgehead atoms. The number of hydrogen-bond donors (Lipinski definition) is 0. The first-order valence-electron chi connectivity index (χ1n) is 18.6. The molecular formula is C40H72O2. The van der Waals surface area contributed by atoms with Crippen LogP contribution in [-0.2, 0) is 9.47 Å². The van der Waals surface area contributed by atoms with Gasteiger partial charge in [0, 0.05) is 12.8 Å². The van der Waals surface area contributed by atoms with Crippen LogP contribution in [0.1, 0.15) is 188 Å². The number of hydrogen-bond acceptors (Lipinski definition) is 2. The van der Waals surface area contributed by atoms with E-state index in [1.165, 1.54) is 141 Å². The normalized spacial score (nSPS) is 17.3. The molecule has 1 aliphatic heterocycles. The topological polar surface area (TPSA) is 18.5 Å². The summed E-state index contributed by atoms with van der Waals surface area (Å²) in [5.74, 6) is -0.288. The molecular weight excluding hydrogens is 512 g/mol. The second-order valence-electron chi connectivity index (χ2n) is 12.8. The summed E-state index contributed by atoms with van der Waals surface area (Å²) in [6.45, 7) is 7.47. The van der Waals surface area contributed by atoms with E-state index in [-0.39, 0.29) is 11.9 Å². The summed E-state index contributed by atoms with van der Waals surface area (Å²) in [7, 11) is 0. The second-order valence-corrected chi connectivity index (χ2v) is 12.8. The van der Waals surface area contributed by atoms with Gasteiger partial charge in [-0.1, -0.05) is 140 Å². The van der Waals surface area contributed by atoms with Crippen LogP contribution in [0.2, 0.25) is 0 Å². The van der Waals surface area contributed by atoms with Crippen molar-refractivity contribution in [2.45, 2.75) is 200 Å². The van der Waals surface area contributed by atoms with Gasteiger partial charge in [0.05, 0.1) is 12.7 Å². The molecule has 1 aliphatic rings. The average Bonchev–Trinajstić information content (AvgIpc) is 3.37. The smallest absolute Gasteiger partial charge is 0.168 e. The molecule has 1 atom stereocenters. The molecule has 0 aromatic heterocycles. The van der Waals surface area contributed by atoms with E-state index in [0.29, 0.717) is 0 Å². The number of ether oxygens (including phenoxy) is 2. The maximum Gasteiger partial charge on any atom is 0.168 e. The second kappa shape index (κ2) is 29.9. The zero-order chi connectivity index (χ0) is 30.2. The zero-order valence-electron chi connectivity index (χ0n) is 28.6. The Hall–Kier alpha value is -1.12. The van der Waals surface area contributed by atoms with Crippen molar-refractivity contribution in [2.75, 3.05) is 6.61 Å². The summed E-state index contributed by atoms with van der Waals surface area (Å²) in [5, 5.41) is 0. The fourth-order valence-corrected chi connectivity index (χ4v) is 5.86. The molecule has 0 aromatic carbocycles. The first-order chi connectivity index (χ1) is 20.7. The summed E-state index contributed by atoms with van der Waals surface area (Å²) in [5.41, 5.74) is 0. The summed E-state index contributed by atoms with van der Waals surface area (Å²) in [6.07, 6.45) is 52.3. The van der Waals surface area contributed by atoms with E-state index in [1.807, 2.05) is 0 Å². The first-order valence-corrected chi connectivity index (χ1v) is 18.6. The molecule has 1 rings (SSSR count). The van der Waals surface area contributed by atoms with Crippen LogP contribution in [0.4, 0.5) is 0 Å². The van der Waals surface area contributed by atoms with Crippen molar-refractivity contribution in [3.63, 3.8) is 0 Å². The van der Waals surface area contributed by atoms with Gasteiger partial charge in [0.15, 0.2) is 5.79 Å². The van der Waals surface area contributed by atoms with Crippen LogP contribution >= 0.6 is 0 Å². The zero-order valence-corrected chi connectivity index (χ0v) is 28.6. The van der Waals surface area contributed by atoms with E-state index in [4.69, 9.17) is 9.47 Å². The van der Waals surface area contributed by atoms with Crippen molar-refractivity contribution in [3.8, 4) is 0 Å². The van der Waals surface area contributed by atoms with Gasteiger partial charge < -0.3 is 9.47 Å². The van der Waals surface area contributed by atoms with Crippen LogP contribution in [0, 0.1) is 0 Å². The Morgan fingerprint density at radius 3 is 1.19 bits per heavy atom. The Bertz CT molecular complexity index is 625. The Labute approximate surface area is 263 Å². The predicted molar refractivity (Wildman–Crippen MR) is 187 cm³/mol. The summed E-state index contributed by atoms with van der Waals surface area (Å²) in [6, 6.07) is 0. The van der Waals surface area contributed by atoms with Crippen LogP contribution in [0.25, 0.3) is 0 Å². The van der Waals surface area contributed by atoms with Crippen LogP contribution in [0.5, 0.6) is 0 Å². The van der Waals surface area contributed by atoms with E-state index < -0.39 is 0 Å². The van der Waals surface area contributed by atoms with Gasteiger partial charge in [-0.25, -0.2) is 0 Å². The number of rotatable bonds is 30. The molecule has 2 nitrogen and oxygen atoms in total. The highest BCUT2D eigenvalue weighted by Crippen LogP contribution is 2.34. The van der Waals surface area contributed by atoms with Crippen LogP contribution < -0.4 is 0 Å². The first kappa shape index (κ1) is 38.9. The monoisotopic (exact) mass is 585 g/mol. The molecule has 0 amide bonds. The van der Waals surface area contributed by atoms with Crippen molar-refractivity contribution in [1.82, 2.24) is 0 Å². The highest BCUT2D eigenvalue weighted by atomic mass is 16.7. The molecule has 0 N–H and O–H groups in total. The van der Waals surface area contributed by atoms with Crippen LogP contribution in [0.3, 0.4) is 0 Å². The van der Waals surface area contributed by atoms with Gasteiger partial charge in [-0.2, -0.15) is 0 Å². The number of unbranched alkanes of at least 4 members (excludes halogenated alkanes) is 18. The van der Waals surface area contributed by atoms with Crippen molar-refractivity contribution >= 4 is 0 Å². The quantitative estimate of drug-likeness (QED) is 0.0617. The molecule has 42 heavy (non-hydrogen) atoms. The fourth-order valence-electron chi connectivity index (χ4n) is 5.86. The van der Waals surface area contributed by atoms with Gasteiger partial charge in [0.2, 0.25) is 0 Å². The summed E-state index contributed by atoms with van der Waals surface area (Å²) in [4.78, 5) is 0. The molecule has 1 saturated heterocycles. The fraction of sp³-hybridized carbons (Fsp3) is 0.800. The third-order valence-electron chi connectivity index (χ3n) is 8.51. The van der Waals surface area contributed by atoms with Gasteiger partial charge >= 0.3 is 0 Å². The van der Waals surface area contributed by atoms with Gasteiger partial charge in [-0.15, -0.1) is 0 Å². The minimum Gasteiger partial charge on any atom is -0.347 e. The van der Waals surface area contributed by atoms with E-state index in [9.17, 15) is 0 Å². The molecule has 244 valence electrons. The van der Waals surface area contributed by atoms with Gasteiger partial charge in [-0.3, -0.25) is 0 Å². The minimum absolute atomic E-state index is 0.249. The number of allylic oxidation sites excluding steroid dienone is 8. The maximum atomic E-state index is 6.35. The van der Waals surface area contributed by atoms with Crippen molar-refractivity contribution in [2.24, 2.45) is 0 Å². The van der Waals surface area contributed by atoms with Crippen LogP contribution in [-0.4, -0.2) is 18.5 Å². The lowest BCUT2D eigenvalue weighted by atomic mass is 9.98. The van der Waals surface area contributed by atoms with Crippen molar-refractivity contribution < 1.29 is 9.47 Å². The van der Waals surface area contributed by atoms with Gasteiger partial charge in [-0.05, 0) is 84.0 Å². The SMILES string of the molecule is CCCCC/C=C\C/C=C\CCCCCCCCC1(CCCCCCCC/C=C\C/C=C\CCCCC)OC[C@@H](C)O1. The molecule has 1 heterocycles. The Kier molecular flexibility index (Phi) is 27.7. The predicted octanol–water partition coefficient (Wildman–Crippen LogP) is 13.5. The van der Waals surface area contributed by atoms with Gasteiger partial charge in [0.25, 0.3) is 0 Å². The molecule has 0 saturated carbocycles. The molecule has 2 heteroatoms. The van der Waals surface area contributed by atoms with E-state index in [1.54, 1.807) is 0 Å². The Morgan fingerprint density at radius 2 is 0.833 bits per heavy atom. The Balaban J connectivity index is 1.99. The lowest BCUT2D eigenvalue weighted by Gasteiger charge is -2.28. The van der Waals surface area contributed by atoms with Crippen LogP contribution in [0.15, 0.2) is 48.6 Å².